The third-order valence-electron chi connectivity index (χ3n) is 2.53. The molecule has 2 nitrogen and oxygen atoms in total. The molecule has 0 spiro atoms. The van der Waals surface area contributed by atoms with Crippen molar-refractivity contribution in [3.63, 3.8) is 0 Å². The Morgan fingerprint density at radius 2 is 1.70 bits per heavy atom. The number of hydrogen-bond acceptors (Lipinski definition) is 1. The number of carbonyl (C=O) groups is 1. The molecule has 0 fully saturated rings. The van der Waals surface area contributed by atoms with Crippen LogP contribution in [0.4, 0.5) is 0 Å². The van der Waals surface area contributed by atoms with Crippen molar-refractivity contribution in [2.75, 3.05) is 0 Å². The molecule has 0 bridgehead atoms. The SMILES string of the molecule is CC(C)(C)C(C#Cc1ccccc1)NC(=O)C(Cl)(Cl)Cl. The fraction of sp³-hybridized carbons (Fsp3) is 0.400. The monoisotopic (exact) mass is 331 g/mol. The molecular formula is C15H16Cl3NO. The second-order valence-electron chi connectivity index (χ2n) is 5.41. The number of rotatable bonds is 1. The van der Waals surface area contributed by atoms with Gasteiger partial charge in [0.25, 0.3) is 9.70 Å². The molecule has 0 aromatic heterocycles. The first kappa shape index (κ1) is 17.2. The van der Waals surface area contributed by atoms with Crippen LogP contribution in [0.2, 0.25) is 0 Å². The van der Waals surface area contributed by atoms with E-state index in [1.807, 2.05) is 51.1 Å². The van der Waals surface area contributed by atoms with Gasteiger partial charge >= 0.3 is 0 Å². The van der Waals surface area contributed by atoms with E-state index in [4.69, 9.17) is 34.8 Å². The average molecular weight is 333 g/mol. The smallest absolute Gasteiger partial charge is 0.273 e. The average Bonchev–Trinajstić information content (AvgIpc) is 2.32. The number of nitrogens with one attached hydrogen (secondary N) is 1. The fourth-order valence-electron chi connectivity index (χ4n) is 1.36. The molecule has 1 aromatic carbocycles. The van der Waals surface area contributed by atoms with Crippen molar-refractivity contribution in [1.29, 1.82) is 0 Å². The number of halogens is 3. The first-order chi connectivity index (χ1) is 9.10. The van der Waals surface area contributed by atoms with Crippen LogP contribution in [0.1, 0.15) is 26.3 Å². The summed E-state index contributed by atoms with van der Waals surface area (Å²) in [7, 11) is 0. The highest BCUT2D eigenvalue weighted by molar-refractivity contribution is 6.76. The van der Waals surface area contributed by atoms with Gasteiger partial charge in [-0.3, -0.25) is 4.79 Å². The van der Waals surface area contributed by atoms with Crippen LogP contribution in [0.25, 0.3) is 0 Å². The Balaban J connectivity index is 2.93. The third-order valence-corrected chi connectivity index (χ3v) is 3.05. The Morgan fingerprint density at radius 3 is 2.15 bits per heavy atom. The van der Waals surface area contributed by atoms with E-state index in [1.54, 1.807) is 0 Å². The molecule has 0 heterocycles. The van der Waals surface area contributed by atoms with Crippen molar-refractivity contribution in [3.05, 3.63) is 35.9 Å². The van der Waals surface area contributed by atoms with Gasteiger partial charge in [-0.25, -0.2) is 0 Å². The fourth-order valence-corrected chi connectivity index (χ4v) is 1.52. The third kappa shape index (κ3) is 5.63. The molecule has 5 heteroatoms. The largest absolute Gasteiger partial charge is 0.338 e. The lowest BCUT2D eigenvalue weighted by molar-refractivity contribution is -0.121. The predicted octanol–water partition coefficient (Wildman–Crippen LogP) is 3.94. The van der Waals surface area contributed by atoms with Crippen molar-refractivity contribution in [2.45, 2.75) is 30.6 Å². The van der Waals surface area contributed by atoms with E-state index in [-0.39, 0.29) is 5.41 Å². The van der Waals surface area contributed by atoms with Crippen molar-refractivity contribution in [3.8, 4) is 11.8 Å². The molecule has 1 N–H and O–H groups in total. The normalized spacial score (nSPS) is 13.1. The van der Waals surface area contributed by atoms with E-state index >= 15 is 0 Å². The first-order valence-corrected chi connectivity index (χ1v) is 7.18. The van der Waals surface area contributed by atoms with E-state index in [0.29, 0.717) is 0 Å². The molecule has 0 aliphatic carbocycles. The number of alkyl halides is 3. The van der Waals surface area contributed by atoms with Crippen LogP contribution in [-0.4, -0.2) is 15.7 Å². The maximum Gasteiger partial charge on any atom is 0.273 e. The first-order valence-electron chi connectivity index (χ1n) is 6.05. The van der Waals surface area contributed by atoms with Crippen LogP contribution < -0.4 is 5.32 Å². The van der Waals surface area contributed by atoms with Crippen LogP contribution in [0.5, 0.6) is 0 Å². The van der Waals surface area contributed by atoms with Crippen molar-refractivity contribution < 1.29 is 4.79 Å². The molecule has 1 atom stereocenters. The number of carbonyl (C=O) groups excluding carboxylic acids is 1. The van der Waals surface area contributed by atoms with Crippen molar-refractivity contribution in [1.82, 2.24) is 5.32 Å². The van der Waals surface area contributed by atoms with E-state index in [0.717, 1.165) is 5.56 Å². The zero-order valence-electron chi connectivity index (χ0n) is 11.5. The van der Waals surface area contributed by atoms with Gasteiger partial charge in [0.15, 0.2) is 0 Å². The Bertz CT molecular complexity index is 518. The van der Waals surface area contributed by atoms with E-state index < -0.39 is 15.7 Å². The summed E-state index contributed by atoms with van der Waals surface area (Å²) in [6, 6.07) is 9.07. The minimum Gasteiger partial charge on any atom is -0.338 e. The minimum atomic E-state index is -1.99. The molecule has 108 valence electrons. The molecular weight excluding hydrogens is 317 g/mol. The van der Waals surface area contributed by atoms with Crippen LogP contribution in [0, 0.1) is 17.3 Å². The molecule has 0 radical (unpaired) electrons. The predicted molar refractivity (Wildman–Crippen MR) is 85.0 cm³/mol. The van der Waals surface area contributed by atoms with E-state index in [1.165, 1.54) is 0 Å². The number of amides is 1. The topological polar surface area (TPSA) is 29.1 Å². The lowest BCUT2D eigenvalue weighted by Crippen LogP contribution is -2.47. The lowest BCUT2D eigenvalue weighted by Gasteiger charge is -2.28. The van der Waals surface area contributed by atoms with Gasteiger partial charge in [0.05, 0.1) is 6.04 Å². The maximum atomic E-state index is 11.8. The highest BCUT2D eigenvalue weighted by Gasteiger charge is 2.34. The Labute approximate surface area is 134 Å². The second-order valence-corrected chi connectivity index (χ2v) is 7.69. The summed E-state index contributed by atoms with van der Waals surface area (Å²) in [5.74, 6) is 5.36. The van der Waals surface area contributed by atoms with Gasteiger partial charge in [-0.1, -0.05) is 85.6 Å². The van der Waals surface area contributed by atoms with E-state index in [2.05, 4.69) is 17.2 Å². The zero-order chi connectivity index (χ0) is 15.4. The highest BCUT2D eigenvalue weighted by atomic mass is 35.6. The molecule has 20 heavy (non-hydrogen) atoms. The number of benzene rings is 1. The van der Waals surface area contributed by atoms with Crippen LogP contribution >= 0.6 is 34.8 Å². The summed E-state index contributed by atoms with van der Waals surface area (Å²) in [6.45, 7) is 5.86. The standard InChI is InChI=1S/C15H16Cl3NO/c1-14(2,3)12(19-13(20)15(16,17)18)10-9-11-7-5-4-6-8-11/h4-8,12H,1-3H3,(H,19,20). The summed E-state index contributed by atoms with van der Waals surface area (Å²) in [5, 5.41) is 2.66. The van der Waals surface area contributed by atoms with Gasteiger partial charge in [0, 0.05) is 5.56 Å². The minimum absolute atomic E-state index is 0.284. The lowest BCUT2D eigenvalue weighted by atomic mass is 9.87. The summed E-state index contributed by atoms with van der Waals surface area (Å²) in [6.07, 6.45) is 0. The van der Waals surface area contributed by atoms with Gasteiger partial charge < -0.3 is 5.32 Å². The summed E-state index contributed by atoms with van der Waals surface area (Å²) >= 11 is 16.7. The summed E-state index contributed by atoms with van der Waals surface area (Å²) in [5.41, 5.74) is 0.581. The molecule has 0 saturated carbocycles. The van der Waals surface area contributed by atoms with Crippen LogP contribution in [0.3, 0.4) is 0 Å². The van der Waals surface area contributed by atoms with Crippen molar-refractivity contribution in [2.24, 2.45) is 5.41 Å². The highest BCUT2D eigenvalue weighted by Crippen LogP contribution is 2.27. The number of hydrogen-bond donors (Lipinski definition) is 1. The van der Waals surface area contributed by atoms with Crippen molar-refractivity contribution >= 4 is 40.7 Å². The van der Waals surface area contributed by atoms with Gasteiger partial charge in [0.2, 0.25) is 0 Å². The van der Waals surface area contributed by atoms with E-state index in [9.17, 15) is 4.79 Å². The second kappa shape index (κ2) is 6.72. The molecule has 1 amide bonds. The molecule has 0 aliphatic heterocycles. The van der Waals surface area contributed by atoms with Crippen LogP contribution in [-0.2, 0) is 4.79 Å². The quantitative estimate of drug-likeness (QED) is 0.612. The maximum absolute atomic E-state index is 11.8. The van der Waals surface area contributed by atoms with Gasteiger partial charge in [-0.2, -0.15) is 0 Å². The Kier molecular flexibility index (Phi) is 5.77. The summed E-state index contributed by atoms with van der Waals surface area (Å²) in [4.78, 5) is 11.8. The Morgan fingerprint density at radius 1 is 1.15 bits per heavy atom. The van der Waals surface area contributed by atoms with Gasteiger partial charge in [0.1, 0.15) is 0 Å². The van der Waals surface area contributed by atoms with Gasteiger partial charge in [-0.15, -0.1) is 0 Å². The molecule has 1 unspecified atom stereocenters. The Hall–Kier alpha value is -0.880. The summed E-state index contributed by atoms with van der Waals surface area (Å²) < 4.78 is -1.99. The molecule has 0 saturated heterocycles. The molecule has 1 rings (SSSR count). The van der Waals surface area contributed by atoms with Gasteiger partial charge in [-0.05, 0) is 17.5 Å². The zero-order valence-corrected chi connectivity index (χ0v) is 13.8. The van der Waals surface area contributed by atoms with Crippen LogP contribution in [0.15, 0.2) is 30.3 Å². The molecule has 1 aromatic rings. The molecule has 0 aliphatic rings.